The number of rotatable bonds is 8. The normalized spacial score (nSPS) is 11.8. The van der Waals surface area contributed by atoms with Crippen molar-refractivity contribution in [3.8, 4) is 11.5 Å². The van der Waals surface area contributed by atoms with Gasteiger partial charge in [0.2, 0.25) is 5.91 Å². The Hall–Kier alpha value is -1.75. The second-order valence-electron chi connectivity index (χ2n) is 4.63. The van der Waals surface area contributed by atoms with Crippen molar-refractivity contribution in [3.63, 3.8) is 0 Å². The average Bonchev–Trinajstić information content (AvgIpc) is 2.47. The summed E-state index contributed by atoms with van der Waals surface area (Å²) in [6, 6.07) is 5.73. The lowest BCUT2D eigenvalue weighted by atomic mass is 10.2. The predicted octanol–water partition coefficient (Wildman–Crippen LogP) is 2.42. The van der Waals surface area contributed by atoms with Crippen molar-refractivity contribution in [1.29, 1.82) is 0 Å². The molecule has 0 saturated heterocycles. The minimum absolute atomic E-state index is 0.0377. The molecule has 2 N–H and O–H groups in total. The molecule has 0 aliphatic heterocycles. The van der Waals surface area contributed by atoms with Gasteiger partial charge in [0, 0.05) is 25.1 Å². The highest BCUT2D eigenvalue weighted by Crippen LogP contribution is 2.28. The maximum absolute atomic E-state index is 11.9. The lowest BCUT2D eigenvalue weighted by molar-refractivity contribution is -0.116. The number of hydrogen-bond acceptors (Lipinski definition) is 4. The second-order valence-corrected chi connectivity index (χ2v) is 4.63. The van der Waals surface area contributed by atoms with Gasteiger partial charge in [-0.05, 0) is 25.5 Å². The summed E-state index contributed by atoms with van der Waals surface area (Å²) in [5.74, 6) is 1.25. The highest BCUT2D eigenvalue weighted by Gasteiger charge is 2.09. The molecule has 1 atom stereocenters. The minimum atomic E-state index is -0.0377. The van der Waals surface area contributed by atoms with E-state index in [1.165, 1.54) is 0 Å². The molecule has 0 fully saturated rings. The van der Waals surface area contributed by atoms with Crippen LogP contribution in [0, 0.1) is 0 Å². The van der Waals surface area contributed by atoms with Crippen LogP contribution in [0.3, 0.4) is 0 Å². The first kappa shape index (κ1) is 16.3. The van der Waals surface area contributed by atoms with Crippen LogP contribution in [0.1, 0.15) is 26.7 Å². The molecule has 0 bridgehead atoms. The van der Waals surface area contributed by atoms with Crippen LogP contribution in [-0.2, 0) is 4.79 Å². The smallest absolute Gasteiger partial charge is 0.225 e. The van der Waals surface area contributed by atoms with E-state index in [1.807, 2.05) is 0 Å². The Labute approximate surface area is 120 Å². The molecule has 0 aliphatic rings. The lowest BCUT2D eigenvalue weighted by Gasteiger charge is -2.13. The highest BCUT2D eigenvalue weighted by atomic mass is 16.5. The van der Waals surface area contributed by atoms with Gasteiger partial charge in [-0.3, -0.25) is 4.79 Å². The molecule has 1 amide bonds. The molecule has 0 radical (unpaired) electrons. The van der Waals surface area contributed by atoms with E-state index >= 15 is 0 Å². The van der Waals surface area contributed by atoms with Gasteiger partial charge < -0.3 is 20.1 Å². The summed E-state index contributed by atoms with van der Waals surface area (Å²) < 4.78 is 10.4. The molecule has 5 nitrogen and oxygen atoms in total. The summed E-state index contributed by atoms with van der Waals surface area (Å²) in [4.78, 5) is 11.9. The van der Waals surface area contributed by atoms with Gasteiger partial charge in [-0.1, -0.05) is 6.92 Å². The molecule has 1 aromatic rings. The number of hydrogen-bond donors (Lipinski definition) is 2. The number of methoxy groups -OCH3 is 2. The van der Waals surface area contributed by atoms with Crippen LogP contribution in [-0.4, -0.2) is 32.7 Å². The Balaban J connectivity index is 2.53. The molecule has 1 aromatic carbocycles. The van der Waals surface area contributed by atoms with Crippen molar-refractivity contribution in [2.45, 2.75) is 32.7 Å². The molecule has 0 spiro atoms. The number of benzene rings is 1. The van der Waals surface area contributed by atoms with Gasteiger partial charge in [0.25, 0.3) is 0 Å². The topological polar surface area (TPSA) is 59.6 Å². The first-order chi connectivity index (χ1) is 9.60. The van der Waals surface area contributed by atoms with E-state index in [9.17, 15) is 4.79 Å². The van der Waals surface area contributed by atoms with Gasteiger partial charge in [-0.15, -0.1) is 0 Å². The van der Waals surface area contributed by atoms with Crippen molar-refractivity contribution in [1.82, 2.24) is 5.32 Å². The van der Waals surface area contributed by atoms with Crippen LogP contribution in [0.15, 0.2) is 18.2 Å². The number of carbonyl (C=O) groups is 1. The van der Waals surface area contributed by atoms with Crippen LogP contribution >= 0.6 is 0 Å². The molecular weight excluding hydrogens is 256 g/mol. The van der Waals surface area contributed by atoms with Gasteiger partial charge in [-0.2, -0.15) is 0 Å². The fourth-order valence-electron chi connectivity index (χ4n) is 1.69. The Morgan fingerprint density at radius 2 is 2.05 bits per heavy atom. The van der Waals surface area contributed by atoms with E-state index in [0.717, 1.165) is 6.42 Å². The molecule has 0 aliphatic carbocycles. The molecule has 1 unspecified atom stereocenters. The third kappa shape index (κ3) is 5.09. The molecule has 0 saturated carbocycles. The van der Waals surface area contributed by atoms with Crippen molar-refractivity contribution >= 4 is 11.6 Å². The van der Waals surface area contributed by atoms with Crippen molar-refractivity contribution < 1.29 is 14.3 Å². The number of anilines is 1. The van der Waals surface area contributed by atoms with Crippen LogP contribution in [0.2, 0.25) is 0 Å². The number of nitrogens with one attached hydrogen (secondary N) is 2. The monoisotopic (exact) mass is 280 g/mol. The summed E-state index contributed by atoms with van der Waals surface area (Å²) in [5, 5.41) is 6.13. The number of amides is 1. The quantitative estimate of drug-likeness (QED) is 0.768. The zero-order chi connectivity index (χ0) is 15.0. The average molecular weight is 280 g/mol. The largest absolute Gasteiger partial charge is 0.497 e. The predicted molar refractivity (Wildman–Crippen MR) is 80.5 cm³/mol. The maximum Gasteiger partial charge on any atom is 0.225 e. The van der Waals surface area contributed by atoms with Crippen molar-refractivity contribution in [2.24, 2.45) is 0 Å². The van der Waals surface area contributed by atoms with E-state index < -0.39 is 0 Å². The van der Waals surface area contributed by atoms with E-state index in [2.05, 4.69) is 24.5 Å². The fourth-order valence-corrected chi connectivity index (χ4v) is 1.69. The standard InChI is InChI=1S/C15H24N2O3/c1-5-11(2)16-9-8-15(18)17-13-7-6-12(19-3)10-14(13)20-4/h6-7,10-11,16H,5,8-9H2,1-4H3,(H,17,18). The first-order valence-corrected chi connectivity index (χ1v) is 6.86. The van der Waals surface area contributed by atoms with E-state index in [1.54, 1.807) is 32.4 Å². The van der Waals surface area contributed by atoms with Crippen LogP contribution in [0.4, 0.5) is 5.69 Å². The Morgan fingerprint density at radius 3 is 2.65 bits per heavy atom. The second kappa shape index (κ2) is 8.43. The highest BCUT2D eigenvalue weighted by molar-refractivity contribution is 5.92. The third-order valence-electron chi connectivity index (χ3n) is 3.14. The zero-order valence-electron chi connectivity index (χ0n) is 12.7. The Bertz CT molecular complexity index is 435. The zero-order valence-corrected chi connectivity index (χ0v) is 12.7. The van der Waals surface area contributed by atoms with Crippen molar-refractivity contribution in [3.05, 3.63) is 18.2 Å². The number of ether oxygens (including phenoxy) is 2. The maximum atomic E-state index is 11.9. The first-order valence-electron chi connectivity index (χ1n) is 6.86. The molecule has 0 aromatic heterocycles. The summed E-state index contributed by atoms with van der Waals surface area (Å²) in [7, 11) is 3.16. The Kier molecular flexibility index (Phi) is 6.87. The van der Waals surface area contributed by atoms with Gasteiger partial charge in [0.1, 0.15) is 11.5 Å². The summed E-state index contributed by atoms with van der Waals surface area (Å²) in [6.07, 6.45) is 1.48. The summed E-state index contributed by atoms with van der Waals surface area (Å²) >= 11 is 0. The van der Waals surface area contributed by atoms with Gasteiger partial charge in [-0.25, -0.2) is 0 Å². The molecule has 5 heteroatoms. The number of carbonyl (C=O) groups excluding carboxylic acids is 1. The van der Waals surface area contributed by atoms with E-state index in [4.69, 9.17) is 9.47 Å². The molecular formula is C15H24N2O3. The minimum Gasteiger partial charge on any atom is -0.497 e. The SMILES string of the molecule is CCC(C)NCCC(=O)Nc1ccc(OC)cc1OC. The molecule has 0 heterocycles. The summed E-state index contributed by atoms with van der Waals surface area (Å²) in [5.41, 5.74) is 0.654. The van der Waals surface area contributed by atoms with Crippen LogP contribution < -0.4 is 20.1 Å². The van der Waals surface area contributed by atoms with E-state index in [0.29, 0.717) is 36.2 Å². The molecule has 20 heavy (non-hydrogen) atoms. The lowest BCUT2D eigenvalue weighted by Crippen LogP contribution is -2.29. The van der Waals surface area contributed by atoms with Crippen LogP contribution in [0.25, 0.3) is 0 Å². The fraction of sp³-hybridized carbons (Fsp3) is 0.533. The molecule has 112 valence electrons. The molecule has 1 rings (SSSR count). The van der Waals surface area contributed by atoms with Crippen molar-refractivity contribution in [2.75, 3.05) is 26.1 Å². The van der Waals surface area contributed by atoms with Gasteiger partial charge in [0.15, 0.2) is 0 Å². The summed E-state index contributed by atoms with van der Waals surface area (Å²) in [6.45, 7) is 4.88. The van der Waals surface area contributed by atoms with Crippen LogP contribution in [0.5, 0.6) is 11.5 Å². The van der Waals surface area contributed by atoms with E-state index in [-0.39, 0.29) is 5.91 Å². The Morgan fingerprint density at radius 1 is 1.30 bits per heavy atom. The third-order valence-corrected chi connectivity index (χ3v) is 3.14. The van der Waals surface area contributed by atoms with Gasteiger partial charge >= 0.3 is 0 Å². The van der Waals surface area contributed by atoms with Gasteiger partial charge in [0.05, 0.1) is 19.9 Å².